The number of fused-ring (bicyclic) bond motifs is 3. The summed E-state index contributed by atoms with van der Waals surface area (Å²) in [5, 5.41) is 19.5. The lowest BCUT2D eigenvalue weighted by Gasteiger charge is -2.71. The molecule has 1 aromatic heterocycles. The zero-order valence-corrected chi connectivity index (χ0v) is 33.7. The molecule has 48 heavy (non-hydrogen) atoms. The Morgan fingerprint density at radius 2 is 1.85 bits per heavy atom. The lowest BCUT2D eigenvalue weighted by Crippen LogP contribution is -2.70. The molecular weight excluding hydrogens is 715 g/mol. The van der Waals surface area contributed by atoms with Gasteiger partial charge in [-0.3, -0.25) is 4.79 Å². The first-order valence-corrected chi connectivity index (χ1v) is 19.8. The third-order valence-electron chi connectivity index (χ3n) is 16.3. The van der Waals surface area contributed by atoms with Gasteiger partial charge in [0.15, 0.2) is 3.83 Å². The second-order valence-electron chi connectivity index (χ2n) is 18.7. The molecule has 0 aromatic carbocycles. The van der Waals surface area contributed by atoms with Crippen LogP contribution < -0.4 is 5.32 Å². The molecule has 8 nitrogen and oxygen atoms in total. The zero-order chi connectivity index (χ0) is 35.2. The number of nitrogens with one attached hydrogen (secondary N) is 1. The molecule has 2 N–H and O–H groups in total. The number of hydrogen-bond acceptors (Lipinski definition) is 6. The van der Waals surface area contributed by atoms with Gasteiger partial charge in [0.25, 0.3) is 0 Å². The van der Waals surface area contributed by atoms with E-state index in [1.807, 2.05) is 7.05 Å². The molecule has 0 spiro atoms. The van der Waals surface area contributed by atoms with Crippen molar-refractivity contribution in [2.24, 2.45) is 62.6 Å². The molecule has 2 bridgehead atoms. The maximum Gasteiger partial charge on any atom is 0.307 e. The first-order valence-electron chi connectivity index (χ1n) is 18.7. The highest BCUT2D eigenvalue weighted by Gasteiger charge is 2.72. The van der Waals surface area contributed by atoms with E-state index in [0.717, 1.165) is 49.0 Å². The SMILES string of the molecule is CN[C@@](C)(CO[C@H]1[C@H](n2ncnc2I)C[C@]2(C)COC[C@@]13C1=CC[C@@]4(C)[C@H](C(=O)O)[C@@](C)([C@H](C)C(C)C)CC[C@]4(C)[C@H]1CC[C@H]23)C(C)C. The molecule has 1 aliphatic heterocycles. The van der Waals surface area contributed by atoms with Crippen molar-refractivity contribution in [3.05, 3.63) is 21.8 Å². The molecule has 0 amide bonds. The van der Waals surface area contributed by atoms with Crippen molar-refractivity contribution in [3.63, 3.8) is 0 Å². The van der Waals surface area contributed by atoms with E-state index >= 15 is 0 Å². The number of aliphatic carboxylic acids is 1. The fourth-order valence-corrected chi connectivity index (χ4v) is 12.9. The van der Waals surface area contributed by atoms with E-state index in [1.165, 1.54) is 5.57 Å². The lowest BCUT2D eigenvalue weighted by molar-refractivity contribution is -0.255. The van der Waals surface area contributed by atoms with Gasteiger partial charge in [-0.15, -0.1) is 0 Å². The van der Waals surface area contributed by atoms with Gasteiger partial charge in [0, 0.05) is 33.5 Å². The molecule has 9 heteroatoms. The normalized spacial score (nSPS) is 44.3. The van der Waals surface area contributed by atoms with E-state index in [0.29, 0.717) is 36.9 Å². The second-order valence-corrected chi connectivity index (χ2v) is 19.6. The Balaban J connectivity index is 1.52. The van der Waals surface area contributed by atoms with Crippen molar-refractivity contribution in [1.82, 2.24) is 20.1 Å². The molecule has 1 saturated heterocycles. The van der Waals surface area contributed by atoms with E-state index in [2.05, 4.69) is 113 Å². The number of halogens is 1. The van der Waals surface area contributed by atoms with Crippen LogP contribution in [0.5, 0.6) is 0 Å². The van der Waals surface area contributed by atoms with Gasteiger partial charge in [-0.2, -0.15) is 5.10 Å². The highest BCUT2D eigenvalue weighted by atomic mass is 127. The minimum Gasteiger partial charge on any atom is -0.481 e. The van der Waals surface area contributed by atoms with E-state index in [4.69, 9.17) is 14.6 Å². The minimum atomic E-state index is -0.615. The largest absolute Gasteiger partial charge is 0.481 e. The van der Waals surface area contributed by atoms with Crippen molar-refractivity contribution >= 4 is 28.6 Å². The van der Waals surface area contributed by atoms with Crippen molar-refractivity contribution in [2.45, 2.75) is 125 Å². The Hall–Kier alpha value is -1.04. The van der Waals surface area contributed by atoms with E-state index in [9.17, 15) is 9.90 Å². The van der Waals surface area contributed by atoms with E-state index < -0.39 is 11.9 Å². The average molecular weight is 779 g/mol. The summed E-state index contributed by atoms with van der Waals surface area (Å²) in [6, 6.07) is 0.0203. The molecule has 2 heterocycles. The summed E-state index contributed by atoms with van der Waals surface area (Å²) < 4.78 is 17.2. The van der Waals surface area contributed by atoms with Crippen molar-refractivity contribution in [1.29, 1.82) is 0 Å². The Kier molecular flexibility index (Phi) is 9.40. The van der Waals surface area contributed by atoms with Gasteiger partial charge in [-0.25, -0.2) is 9.67 Å². The summed E-state index contributed by atoms with van der Waals surface area (Å²) in [6.07, 6.45) is 9.96. The molecule has 1 aromatic rings. The van der Waals surface area contributed by atoms with Gasteiger partial charge in [-0.1, -0.05) is 74.0 Å². The minimum absolute atomic E-state index is 0.0203. The van der Waals surface area contributed by atoms with Gasteiger partial charge in [0.05, 0.1) is 37.9 Å². The lowest BCUT2D eigenvalue weighted by atomic mass is 9.34. The number of hydrogen-bond donors (Lipinski definition) is 2. The quantitative estimate of drug-likeness (QED) is 0.194. The van der Waals surface area contributed by atoms with Crippen LogP contribution in [-0.4, -0.2) is 64.4 Å². The van der Waals surface area contributed by atoms with Gasteiger partial charge in [-0.05, 0) is 104 Å². The van der Waals surface area contributed by atoms with Crippen LogP contribution in [0.4, 0.5) is 0 Å². The molecule has 6 rings (SSSR count). The maximum atomic E-state index is 13.5. The van der Waals surface area contributed by atoms with Crippen LogP contribution in [0.15, 0.2) is 18.0 Å². The van der Waals surface area contributed by atoms with Crippen molar-refractivity contribution in [2.75, 3.05) is 26.9 Å². The highest BCUT2D eigenvalue weighted by Crippen LogP contribution is 2.75. The third-order valence-corrected chi connectivity index (χ3v) is 17.0. The standard InChI is InChI=1S/C39H63IN4O4/c1-23(2)25(5)35(7)16-17-36(8)26-12-13-29-34(6)18-28(44-33(40)42-22-43-44)31(48-20-38(10,41-11)24(3)4)39(29,21-47-19-34)27(26)14-15-37(36,9)30(35)32(45)46/h14,22-26,28-31,41H,12-13,15-21H2,1-11H3,(H,45,46)/t25-,26+,28-,29-,30-,31+,34-,35-,36-,37+,38+,39+/m1/s1. The van der Waals surface area contributed by atoms with E-state index in [1.54, 1.807) is 6.33 Å². The second kappa shape index (κ2) is 12.3. The maximum absolute atomic E-state index is 13.5. The fraction of sp³-hybridized carbons (Fsp3) is 0.872. The molecule has 4 aliphatic carbocycles. The number of carbonyl (C=O) groups is 1. The summed E-state index contributed by atoms with van der Waals surface area (Å²) >= 11 is 2.33. The molecule has 4 fully saturated rings. The van der Waals surface area contributed by atoms with Crippen molar-refractivity contribution in [3.8, 4) is 0 Å². The van der Waals surface area contributed by atoms with Crippen LogP contribution >= 0.6 is 22.6 Å². The fourth-order valence-electron chi connectivity index (χ4n) is 12.3. The van der Waals surface area contributed by atoms with Crippen LogP contribution in [-0.2, 0) is 14.3 Å². The predicted molar refractivity (Wildman–Crippen MR) is 197 cm³/mol. The first-order chi connectivity index (χ1) is 22.4. The molecule has 5 aliphatic rings. The molecule has 3 saturated carbocycles. The highest BCUT2D eigenvalue weighted by molar-refractivity contribution is 14.1. The Morgan fingerprint density at radius 3 is 2.44 bits per heavy atom. The number of nitrogens with zero attached hydrogens (tertiary/aromatic N) is 3. The molecule has 12 atom stereocenters. The molecule has 0 unspecified atom stereocenters. The Bertz CT molecular complexity index is 1430. The molecular formula is C39H63IN4O4. The Morgan fingerprint density at radius 1 is 1.15 bits per heavy atom. The zero-order valence-electron chi connectivity index (χ0n) is 31.5. The van der Waals surface area contributed by atoms with E-state index in [-0.39, 0.29) is 50.7 Å². The van der Waals surface area contributed by atoms with Crippen LogP contribution in [0, 0.1) is 66.4 Å². The number of carboxylic acid groups (broad SMARTS) is 1. The van der Waals surface area contributed by atoms with Crippen LogP contribution in [0.3, 0.4) is 0 Å². The van der Waals surface area contributed by atoms with Crippen molar-refractivity contribution < 1.29 is 19.4 Å². The van der Waals surface area contributed by atoms with Crippen LogP contribution in [0.1, 0.15) is 114 Å². The summed E-state index contributed by atoms with van der Waals surface area (Å²) in [5.74, 6) is 0.792. The number of rotatable bonds is 9. The monoisotopic (exact) mass is 778 g/mol. The molecule has 0 radical (unpaired) electrons. The molecule has 270 valence electrons. The smallest absolute Gasteiger partial charge is 0.307 e. The number of allylic oxidation sites excluding steroid dienone is 1. The summed E-state index contributed by atoms with van der Waals surface area (Å²) in [5.41, 5.74) is 0.167. The summed E-state index contributed by atoms with van der Waals surface area (Å²) in [6.45, 7) is 25.1. The number of carboxylic acids is 1. The van der Waals surface area contributed by atoms with Gasteiger partial charge < -0.3 is 19.9 Å². The average Bonchev–Trinajstić information content (AvgIpc) is 3.45. The number of aromatic nitrogens is 3. The van der Waals surface area contributed by atoms with Gasteiger partial charge in [0.1, 0.15) is 6.33 Å². The number of likely N-dealkylation sites (N-methyl/N-ethyl adjacent to an activating group) is 1. The number of ether oxygens (including phenoxy) is 2. The van der Waals surface area contributed by atoms with Gasteiger partial charge >= 0.3 is 5.97 Å². The topological polar surface area (TPSA) is 98.5 Å². The Labute approximate surface area is 303 Å². The third kappa shape index (κ3) is 4.99. The van der Waals surface area contributed by atoms with Crippen LogP contribution in [0.25, 0.3) is 0 Å². The summed E-state index contributed by atoms with van der Waals surface area (Å²) in [4.78, 5) is 18.1. The predicted octanol–water partition coefficient (Wildman–Crippen LogP) is 8.03. The van der Waals surface area contributed by atoms with Gasteiger partial charge in [0.2, 0.25) is 0 Å². The van der Waals surface area contributed by atoms with Crippen LogP contribution in [0.2, 0.25) is 0 Å². The summed E-state index contributed by atoms with van der Waals surface area (Å²) in [7, 11) is 2.04. The first kappa shape index (κ1) is 36.7.